The highest BCUT2D eigenvalue weighted by Crippen LogP contribution is 2.23. The summed E-state index contributed by atoms with van der Waals surface area (Å²) in [7, 11) is 0. The summed E-state index contributed by atoms with van der Waals surface area (Å²) in [5.74, 6) is 2.00. The lowest BCUT2D eigenvalue weighted by Crippen LogP contribution is -2.47. The monoisotopic (exact) mass is 308 g/mol. The molecule has 2 unspecified atom stereocenters. The van der Waals surface area contributed by atoms with E-state index in [1.807, 2.05) is 17.0 Å². The average Bonchev–Trinajstić information content (AvgIpc) is 2.58. The zero-order chi connectivity index (χ0) is 15.5. The number of piperidine rings is 2. The molecule has 7 heteroatoms. The first kappa shape index (κ1) is 15.5. The van der Waals surface area contributed by atoms with Crippen LogP contribution in [0.3, 0.4) is 0 Å². The number of aliphatic hydroxyl groups is 3. The van der Waals surface area contributed by atoms with Crippen LogP contribution in [-0.2, 0) is 0 Å². The second-order valence-corrected chi connectivity index (χ2v) is 6.23. The highest BCUT2D eigenvalue weighted by Gasteiger charge is 2.27. The van der Waals surface area contributed by atoms with Crippen molar-refractivity contribution in [2.45, 2.75) is 31.5 Å². The SMILES string of the molecule is OCC1CCN(c2ccc(N3CCC(O)C(O)C3)nn2)CC1. The molecule has 0 spiro atoms. The van der Waals surface area contributed by atoms with Crippen LogP contribution < -0.4 is 9.80 Å². The Morgan fingerprint density at radius 1 is 0.909 bits per heavy atom. The van der Waals surface area contributed by atoms with Gasteiger partial charge in [-0.2, -0.15) is 0 Å². The van der Waals surface area contributed by atoms with Crippen molar-refractivity contribution < 1.29 is 15.3 Å². The van der Waals surface area contributed by atoms with Gasteiger partial charge in [-0.1, -0.05) is 0 Å². The number of anilines is 2. The summed E-state index contributed by atoms with van der Waals surface area (Å²) in [6.45, 7) is 3.12. The Morgan fingerprint density at radius 2 is 1.50 bits per heavy atom. The predicted molar refractivity (Wildman–Crippen MR) is 82.9 cm³/mol. The van der Waals surface area contributed by atoms with E-state index in [1.54, 1.807) is 0 Å². The van der Waals surface area contributed by atoms with Gasteiger partial charge in [0, 0.05) is 32.8 Å². The van der Waals surface area contributed by atoms with Crippen LogP contribution in [0.15, 0.2) is 12.1 Å². The fourth-order valence-electron chi connectivity index (χ4n) is 3.13. The quantitative estimate of drug-likeness (QED) is 0.701. The third kappa shape index (κ3) is 3.31. The predicted octanol–water partition coefficient (Wildman–Crippen LogP) is -0.383. The molecule has 0 aliphatic carbocycles. The normalized spacial score (nSPS) is 27.2. The topological polar surface area (TPSA) is 93.0 Å². The molecular formula is C15H24N4O3. The molecule has 0 bridgehead atoms. The van der Waals surface area contributed by atoms with Crippen molar-refractivity contribution >= 4 is 11.6 Å². The fourth-order valence-corrected chi connectivity index (χ4v) is 3.13. The molecule has 0 amide bonds. The lowest BCUT2D eigenvalue weighted by atomic mass is 9.98. The molecule has 22 heavy (non-hydrogen) atoms. The van der Waals surface area contributed by atoms with E-state index in [1.165, 1.54) is 0 Å². The van der Waals surface area contributed by atoms with Crippen molar-refractivity contribution in [1.82, 2.24) is 10.2 Å². The van der Waals surface area contributed by atoms with Crippen LogP contribution in [0, 0.1) is 5.92 Å². The van der Waals surface area contributed by atoms with Crippen molar-refractivity contribution in [2.75, 3.05) is 42.6 Å². The van der Waals surface area contributed by atoms with Crippen molar-refractivity contribution in [3.05, 3.63) is 12.1 Å². The van der Waals surface area contributed by atoms with Gasteiger partial charge in [0.05, 0.1) is 12.2 Å². The standard InChI is InChI=1S/C15H24N4O3/c20-10-11-3-6-18(7-4-11)14-1-2-15(17-16-14)19-8-5-12(21)13(22)9-19/h1-2,11-13,20-22H,3-10H2. The summed E-state index contributed by atoms with van der Waals surface area (Å²) in [4.78, 5) is 4.14. The van der Waals surface area contributed by atoms with Gasteiger partial charge in [0.2, 0.25) is 0 Å². The van der Waals surface area contributed by atoms with Crippen molar-refractivity contribution in [3.63, 3.8) is 0 Å². The van der Waals surface area contributed by atoms with Gasteiger partial charge in [0.15, 0.2) is 11.6 Å². The minimum atomic E-state index is -0.729. The van der Waals surface area contributed by atoms with Gasteiger partial charge in [-0.25, -0.2) is 0 Å². The van der Waals surface area contributed by atoms with Gasteiger partial charge < -0.3 is 25.1 Å². The van der Waals surface area contributed by atoms with Gasteiger partial charge in [0.1, 0.15) is 0 Å². The number of rotatable bonds is 3. The van der Waals surface area contributed by atoms with E-state index in [0.717, 1.165) is 37.6 Å². The van der Waals surface area contributed by atoms with Crippen LogP contribution in [0.4, 0.5) is 11.6 Å². The molecule has 7 nitrogen and oxygen atoms in total. The highest BCUT2D eigenvalue weighted by atomic mass is 16.3. The van der Waals surface area contributed by atoms with E-state index in [9.17, 15) is 15.3 Å². The minimum absolute atomic E-state index is 0.265. The smallest absolute Gasteiger partial charge is 0.151 e. The van der Waals surface area contributed by atoms with Crippen molar-refractivity contribution in [2.24, 2.45) is 5.92 Å². The molecule has 1 aromatic heterocycles. The second-order valence-electron chi connectivity index (χ2n) is 6.23. The van der Waals surface area contributed by atoms with Gasteiger partial charge in [-0.05, 0) is 37.3 Å². The van der Waals surface area contributed by atoms with Crippen LogP contribution in [0.1, 0.15) is 19.3 Å². The molecule has 2 aliphatic rings. The first-order valence-electron chi connectivity index (χ1n) is 7.98. The molecule has 2 fully saturated rings. The summed E-state index contributed by atoms with van der Waals surface area (Å²) >= 11 is 0. The molecule has 1 aromatic rings. The van der Waals surface area contributed by atoms with Gasteiger partial charge >= 0.3 is 0 Å². The van der Waals surface area contributed by atoms with Gasteiger partial charge in [-0.3, -0.25) is 0 Å². The second kappa shape index (κ2) is 6.76. The maximum Gasteiger partial charge on any atom is 0.151 e. The largest absolute Gasteiger partial charge is 0.396 e. The number of nitrogens with zero attached hydrogens (tertiary/aromatic N) is 4. The molecule has 3 heterocycles. The Morgan fingerprint density at radius 3 is 2.05 bits per heavy atom. The first-order chi connectivity index (χ1) is 10.7. The van der Waals surface area contributed by atoms with Crippen LogP contribution >= 0.6 is 0 Å². The molecule has 3 N–H and O–H groups in total. The zero-order valence-corrected chi connectivity index (χ0v) is 12.7. The van der Waals surface area contributed by atoms with Gasteiger partial charge in [-0.15, -0.1) is 10.2 Å². The summed E-state index contributed by atoms with van der Waals surface area (Å²) in [6, 6.07) is 3.88. The summed E-state index contributed by atoms with van der Waals surface area (Å²) in [5, 5.41) is 37.1. The highest BCUT2D eigenvalue weighted by molar-refractivity contribution is 5.45. The molecular weight excluding hydrogens is 284 g/mol. The lowest BCUT2D eigenvalue weighted by molar-refractivity contribution is 0.00783. The Labute approximate surface area is 130 Å². The van der Waals surface area contributed by atoms with E-state index in [-0.39, 0.29) is 6.61 Å². The van der Waals surface area contributed by atoms with Crippen LogP contribution in [0.2, 0.25) is 0 Å². The molecule has 2 aliphatic heterocycles. The van der Waals surface area contributed by atoms with Gasteiger partial charge in [0.25, 0.3) is 0 Å². The Kier molecular flexibility index (Phi) is 4.75. The summed E-state index contributed by atoms with van der Waals surface area (Å²) in [6.07, 6.45) is 1.13. The van der Waals surface area contributed by atoms with E-state index in [0.29, 0.717) is 25.4 Å². The summed E-state index contributed by atoms with van der Waals surface area (Å²) < 4.78 is 0. The number of β-amino-alcohol motifs (C(OH)–C–C–N with tert-alkyl or cyclic N) is 1. The maximum absolute atomic E-state index is 9.75. The van der Waals surface area contributed by atoms with E-state index < -0.39 is 12.2 Å². The van der Waals surface area contributed by atoms with Crippen molar-refractivity contribution in [1.29, 1.82) is 0 Å². The fraction of sp³-hybridized carbons (Fsp3) is 0.733. The number of hydrogen-bond donors (Lipinski definition) is 3. The van der Waals surface area contributed by atoms with Crippen LogP contribution in [0.5, 0.6) is 0 Å². The molecule has 0 aromatic carbocycles. The maximum atomic E-state index is 9.75. The third-order valence-electron chi connectivity index (χ3n) is 4.70. The van der Waals surface area contributed by atoms with E-state index >= 15 is 0 Å². The Hall–Kier alpha value is -1.44. The third-order valence-corrected chi connectivity index (χ3v) is 4.70. The molecule has 0 saturated carbocycles. The average molecular weight is 308 g/mol. The molecule has 122 valence electrons. The Bertz CT molecular complexity index is 476. The molecule has 0 radical (unpaired) electrons. The number of hydrogen-bond acceptors (Lipinski definition) is 7. The zero-order valence-electron chi connectivity index (χ0n) is 12.7. The van der Waals surface area contributed by atoms with Crippen molar-refractivity contribution in [3.8, 4) is 0 Å². The van der Waals surface area contributed by atoms with Crippen LogP contribution in [0.25, 0.3) is 0 Å². The van der Waals surface area contributed by atoms with E-state index in [4.69, 9.17) is 0 Å². The first-order valence-corrected chi connectivity index (χ1v) is 7.98. The lowest BCUT2D eigenvalue weighted by Gasteiger charge is -2.34. The summed E-state index contributed by atoms with van der Waals surface area (Å²) in [5.41, 5.74) is 0. The van der Waals surface area contributed by atoms with E-state index in [2.05, 4.69) is 15.1 Å². The minimum Gasteiger partial charge on any atom is -0.396 e. The molecule has 2 saturated heterocycles. The van der Waals surface area contributed by atoms with Crippen LogP contribution in [-0.4, -0.2) is 70.5 Å². The number of aromatic nitrogens is 2. The Balaban J connectivity index is 1.61. The molecule has 3 rings (SSSR count). The molecule has 2 atom stereocenters. The number of aliphatic hydroxyl groups excluding tert-OH is 3.